The molecule has 0 saturated heterocycles. The molecule has 0 unspecified atom stereocenters. The maximum absolute atomic E-state index is 13.3. The number of halogens is 1. The molecule has 47 heavy (non-hydrogen) atoms. The van der Waals surface area contributed by atoms with Crippen LogP contribution in [-0.2, 0) is 20.5 Å². The first kappa shape index (κ1) is 35.0. The van der Waals surface area contributed by atoms with Gasteiger partial charge in [0.15, 0.2) is 5.13 Å². The number of thiazole rings is 1. The number of aromatic nitrogens is 3. The van der Waals surface area contributed by atoms with E-state index in [0.717, 1.165) is 24.3 Å². The van der Waals surface area contributed by atoms with E-state index in [0.29, 0.717) is 52.3 Å². The lowest BCUT2D eigenvalue weighted by Crippen LogP contribution is -2.28. The van der Waals surface area contributed by atoms with Gasteiger partial charge >= 0.3 is 0 Å². The monoisotopic (exact) mass is 663 g/mol. The molecule has 0 bridgehead atoms. The third kappa shape index (κ3) is 9.59. The number of anilines is 2. The Balaban J connectivity index is 1.44. The molecule has 0 aliphatic carbocycles. The summed E-state index contributed by atoms with van der Waals surface area (Å²) in [6.07, 6.45) is 5.65. The number of aryl methyl sites for hydroxylation is 3. The number of amides is 3. The van der Waals surface area contributed by atoms with Gasteiger partial charge in [-0.15, -0.1) is 11.3 Å². The van der Waals surface area contributed by atoms with Gasteiger partial charge in [-0.3, -0.25) is 19.7 Å². The molecule has 12 nitrogen and oxygen atoms in total. The van der Waals surface area contributed by atoms with E-state index >= 15 is 0 Å². The molecule has 14 heteroatoms. The molecule has 4 rings (SSSR count). The van der Waals surface area contributed by atoms with Gasteiger partial charge in [0.05, 0.1) is 11.4 Å². The lowest BCUT2D eigenvalue weighted by molar-refractivity contribution is 0.0944. The van der Waals surface area contributed by atoms with Gasteiger partial charge in [-0.2, -0.15) is 0 Å². The summed E-state index contributed by atoms with van der Waals surface area (Å²) in [6.45, 7) is 5.62. The van der Waals surface area contributed by atoms with Crippen LogP contribution in [0, 0.1) is 11.7 Å². The van der Waals surface area contributed by atoms with Crippen molar-refractivity contribution in [2.75, 3.05) is 37.8 Å². The van der Waals surface area contributed by atoms with Crippen molar-refractivity contribution in [1.82, 2.24) is 24.3 Å². The number of aliphatic imine (C=N–C) groups is 1. The predicted molar refractivity (Wildman–Crippen MR) is 184 cm³/mol. The fourth-order valence-electron chi connectivity index (χ4n) is 4.73. The smallest absolute Gasteiger partial charge is 0.274 e. The molecule has 5 N–H and O–H groups in total. The van der Waals surface area contributed by atoms with Crippen LogP contribution in [-0.4, -0.2) is 69.8 Å². The Morgan fingerprint density at radius 3 is 2.34 bits per heavy atom. The van der Waals surface area contributed by atoms with Crippen molar-refractivity contribution in [1.29, 1.82) is 0 Å². The summed E-state index contributed by atoms with van der Waals surface area (Å²) in [5, 5.41) is 8.92. The van der Waals surface area contributed by atoms with E-state index in [-0.39, 0.29) is 23.3 Å². The van der Waals surface area contributed by atoms with Crippen LogP contribution in [0.4, 0.5) is 20.9 Å². The molecule has 0 atom stereocenters. The van der Waals surface area contributed by atoms with Gasteiger partial charge in [0.1, 0.15) is 28.7 Å². The molecule has 3 aromatic heterocycles. The summed E-state index contributed by atoms with van der Waals surface area (Å²) in [5.74, 6) is -0.851. The Bertz CT molecular complexity index is 1750. The van der Waals surface area contributed by atoms with Crippen molar-refractivity contribution in [3.05, 3.63) is 82.1 Å². The van der Waals surface area contributed by atoms with Gasteiger partial charge in [-0.05, 0) is 82.2 Å². The molecule has 1 aromatic carbocycles. The molecule has 0 aliphatic heterocycles. The highest BCUT2D eigenvalue weighted by Gasteiger charge is 2.22. The number of hydrogen-bond acceptors (Lipinski definition) is 7. The van der Waals surface area contributed by atoms with E-state index in [1.165, 1.54) is 35.6 Å². The number of amidine groups is 1. The highest BCUT2D eigenvalue weighted by atomic mass is 32.1. The van der Waals surface area contributed by atoms with Crippen LogP contribution >= 0.6 is 11.3 Å². The quantitative estimate of drug-likeness (QED) is 0.0867. The van der Waals surface area contributed by atoms with E-state index in [2.05, 4.69) is 44.7 Å². The third-order valence-corrected chi connectivity index (χ3v) is 8.29. The van der Waals surface area contributed by atoms with Crippen molar-refractivity contribution < 1.29 is 18.8 Å². The first-order valence-corrected chi connectivity index (χ1v) is 16.1. The standard InChI is InChI=1S/C33H42FN9O3S/c1-20(2)8-13-27-28(32(46)36-14-7-15-41(3)4)39-33(47-27)40-31(45)26-17-24(19-43(26)6)38-30(44)25-16-23(18-42(25)5)37-29(35)21-9-11-22(34)12-10-21/h9-12,16-20H,7-8,13-15H2,1-6H3,(H2,35,37)(H,36,46)(H,38,44)(H,39,40,45). The average molecular weight is 664 g/mol. The minimum Gasteiger partial charge on any atom is -0.383 e. The van der Waals surface area contributed by atoms with E-state index in [1.54, 1.807) is 47.8 Å². The van der Waals surface area contributed by atoms with Gasteiger partial charge in [0, 0.05) is 43.5 Å². The molecule has 0 saturated carbocycles. The van der Waals surface area contributed by atoms with Crippen molar-refractivity contribution in [3.8, 4) is 0 Å². The molecule has 3 heterocycles. The molecule has 3 amide bonds. The zero-order valence-corrected chi connectivity index (χ0v) is 28.4. The summed E-state index contributed by atoms with van der Waals surface area (Å²) in [6, 6.07) is 8.79. The summed E-state index contributed by atoms with van der Waals surface area (Å²) < 4.78 is 16.5. The number of nitrogens with zero attached hydrogens (tertiary/aromatic N) is 5. The lowest BCUT2D eigenvalue weighted by Gasteiger charge is -2.10. The fraction of sp³-hybridized carbons (Fsp3) is 0.364. The Hall–Kier alpha value is -4.82. The summed E-state index contributed by atoms with van der Waals surface area (Å²) in [7, 11) is 7.36. The second-order valence-corrected chi connectivity index (χ2v) is 13.1. The highest BCUT2D eigenvalue weighted by Crippen LogP contribution is 2.27. The largest absolute Gasteiger partial charge is 0.383 e. The highest BCUT2D eigenvalue weighted by molar-refractivity contribution is 7.16. The summed E-state index contributed by atoms with van der Waals surface area (Å²) in [5.41, 5.74) is 8.43. The fourth-order valence-corrected chi connectivity index (χ4v) is 5.69. The van der Waals surface area contributed by atoms with Gasteiger partial charge in [0.2, 0.25) is 0 Å². The number of nitrogens with one attached hydrogen (secondary N) is 3. The minimum absolute atomic E-state index is 0.182. The van der Waals surface area contributed by atoms with Crippen molar-refractivity contribution in [3.63, 3.8) is 0 Å². The molecule has 0 spiro atoms. The van der Waals surface area contributed by atoms with E-state index < -0.39 is 11.8 Å². The van der Waals surface area contributed by atoms with Crippen LogP contribution in [0.5, 0.6) is 0 Å². The number of nitrogens with two attached hydrogens (primary N) is 1. The Kier molecular flexibility index (Phi) is 11.7. The van der Waals surface area contributed by atoms with Gasteiger partial charge in [0.25, 0.3) is 17.7 Å². The topological polar surface area (TPSA) is 152 Å². The van der Waals surface area contributed by atoms with E-state index in [1.807, 2.05) is 14.1 Å². The third-order valence-electron chi connectivity index (χ3n) is 7.26. The Morgan fingerprint density at radius 2 is 1.66 bits per heavy atom. The zero-order chi connectivity index (χ0) is 34.2. The SMILES string of the molecule is CC(C)CCc1sc(NC(=O)c2cc(NC(=O)c3cc(N=C(N)c4ccc(F)cc4)cn3C)cn2C)nc1C(=O)NCCCN(C)C. The molecular weight excluding hydrogens is 621 g/mol. The van der Waals surface area contributed by atoms with Crippen LogP contribution in [0.25, 0.3) is 0 Å². The maximum Gasteiger partial charge on any atom is 0.274 e. The van der Waals surface area contributed by atoms with Crippen molar-refractivity contribution in [2.45, 2.75) is 33.1 Å². The van der Waals surface area contributed by atoms with E-state index in [4.69, 9.17) is 5.73 Å². The van der Waals surface area contributed by atoms with Crippen molar-refractivity contribution in [2.24, 2.45) is 30.7 Å². The molecule has 0 fully saturated rings. The molecule has 0 aliphatic rings. The molecule has 250 valence electrons. The normalized spacial score (nSPS) is 11.7. The van der Waals surface area contributed by atoms with Crippen LogP contribution in [0.3, 0.4) is 0 Å². The zero-order valence-electron chi connectivity index (χ0n) is 27.6. The van der Waals surface area contributed by atoms with Crippen LogP contribution in [0.1, 0.15) is 68.6 Å². The first-order valence-electron chi connectivity index (χ1n) is 15.3. The van der Waals surface area contributed by atoms with Gasteiger partial charge < -0.3 is 30.4 Å². The predicted octanol–water partition coefficient (Wildman–Crippen LogP) is 4.77. The maximum atomic E-state index is 13.3. The number of benzene rings is 1. The number of carbonyl (C=O) groups excluding carboxylic acids is 3. The molecule has 0 radical (unpaired) electrons. The summed E-state index contributed by atoms with van der Waals surface area (Å²) >= 11 is 1.29. The number of hydrogen-bond donors (Lipinski definition) is 4. The summed E-state index contributed by atoms with van der Waals surface area (Å²) in [4.78, 5) is 51.2. The average Bonchev–Trinajstić information content (AvgIpc) is 3.70. The van der Waals surface area contributed by atoms with Crippen molar-refractivity contribution >= 4 is 51.4 Å². The lowest BCUT2D eigenvalue weighted by atomic mass is 10.1. The molecule has 4 aromatic rings. The molecular formula is C33H42FN9O3S. The second kappa shape index (κ2) is 15.6. The first-order chi connectivity index (χ1) is 22.3. The minimum atomic E-state index is -0.429. The number of carbonyl (C=O) groups is 3. The van der Waals surface area contributed by atoms with Crippen LogP contribution < -0.4 is 21.7 Å². The Labute approximate surface area is 277 Å². The number of rotatable bonds is 14. The van der Waals surface area contributed by atoms with Gasteiger partial charge in [-0.1, -0.05) is 13.8 Å². The van der Waals surface area contributed by atoms with Crippen LogP contribution in [0.2, 0.25) is 0 Å². The van der Waals surface area contributed by atoms with Gasteiger partial charge in [-0.25, -0.2) is 14.4 Å². The van der Waals surface area contributed by atoms with Crippen LogP contribution in [0.15, 0.2) is 53.8 Å². The van der Waals surface area contributed by atoms with E-state index in [9.17, 15) is 18.8 Å². The second-order valence-electron chi connectivity index (χ2n) is 12.0. The Morgan fingerprint density at radius 1 is 1.00 bits per heavy atom.